The van der Waals surface area contributed by atoms with Gasteiger partial charge in [0.05, 0.1) is 6.61 Å². The quantitative estimate of drug-likeness (QED) is 0.678. The Balaban J connectivity index is 2.82. The van der Waals surface area contributed by atoms with Gasteiger partial charge in [0, 0.05) is 25.1 Å². The first-order valence-corrected chi connectivity index (χ1v) is 8.65. The standard InChI is InChI=1S/C12H22N2O3S2/c1-4-5-13-8-11-12(10(2)9-18-11)19(15,16)14-6-7-17-3/h9,13-14H,4-8H2,1-3H3. The molecule has 2 N–H and O–H groups in total. The molecule has 19 heavy (non-hydrogen) atoms. The van der Waals surface area contributed by atoms with Gasteiger partial charge in [0.15, 0.2) is 0 Å². The molecular weight excluding hydrogens is 284 g/mol. The van der Waals surface area contributed by atoms with E-state index in [-0.39, 0.29) is 6.54 Å². The SMILES string of the molecule is CCCNCc1scc(C)c1S(=O)(=O)NCCOC. The lowest BCUT2D eigenvalue weighted by molar-refractivity contribution is 0.204. The van der Waals surface area contributed by atoms with Gasteiger partial charge in [-0.05, 0) is 30.8 Å². The zero-order chi connectivity index (χ0) is 14.3. The Hall–Kier alpha value is -0.470. The molecular formula is C12H22N2O3S2. The summed E-state index contributed by atoms with van der Waals surface area (Å²) in [6.07, 6.45) is 1.03. The van der Waals surface area contributed by atoms with Gasteiger partial charge in [-0.25, -0.2) is 13.1 Å². The number of methoxy groups -OCH3 is 1. The van der Waals surface area contributed by atoms with E-state index in [2.05, 4.69) is 17.0 Å². The van der Waals surface area contributed by atoms with Crippen molar-refractivity contribution in [2.45, 2.75) is 31.7 Å². The Bertz CT molecular complexity index is 483. The van der Waals surface area contributed by atoms with E-state index >= 15 is 0 Å². The van der Waals surface area contributed by atoms with Crippen molar-refractivity contribution in [3.63, 3.8) is 0 Å². The molecule has 1 heterocycles. The minimum absolute atomic E-state index is 0.288. The fourth-order valence-electron chi connectivity index (χ4n) is 1.70. The maximum Gasteiger partial charge on any atom is 0.242 e. The van der Waals surface area contributed by atoms with Gasteiger partial charge in [-0.1, -0.05) is 6.92 Å². The van der Waals surface area contributed by atoms with Gasteiger partial charge in [0.1, 0.15) is 4.90 Å². The van der Waals surface area contributed by atoms with Crippen LogP contribution in [0.5, 0.6) is 0 Å². The Labute approximate surface area is 119 Å². The molecule has 0 saturated carbocycles. The summed E-state index contributed by atoms with van der Waals surface area (Å²) >= 11 is 1.48. The summed E-state index contributed by atoms with van der Waals surface area (Å²) in [5, 5.41) is 5.12. The van der Waals surface area contributed by atoms with Crippen molar-refractivity contribution in [3.8, 4) is 0 Å². The van der Waals surface area contributed by atoms with Crippen molar-refractivity contribution in [2.24, 2.45) is 0 Å². The number of rotatable bonds is 9. The Morgan fingerprint density at radius 1 is 1.37 bits per heavy atom. The lowest BCUT2D eigenvalue weighted by Crippen LogP contribution is -2.28. The molecule has 1 rings (SSSR count). The van der Waals surface area contributed by atoms with Gasteiger partial charge in [-0.3, -0.25) is 0 Å². The molecule has 5 nitrogen and oxygen atoms in total. The molecule has 0 atom stereocenters. The predicted molar refractivity (Wildman–Crippen MR) is 78.1 cm³/mol. The molecule has 0 unspecified atom stereocenters. The van der Waals surface area contributed by atoms with E-state index < -0.39 is 10.0 Å². The molecule has 0 fully saturated rings. The number of sulfonamides is 1. The molecule has 110 valence electrons. The highest BCUT2D eigenvalue weighted by atomic mass is 32.2. The topological polar surface area (TPSA) is 67.4 Å². The van der Waals surface area contributed by atoms with Crippen molar-refractivity contribution in [1.29, 1.82) is 0 Å². The van der Waals surface area contributed by atoms with Crippen LogP contribution in [0.15, 0.2) is 10.3 Å². The van der Waals surface area contributed by atoms with Crippen LogP contribution < -0.4 is 10.0 Å². The molecule has 1 aromatic rings. The van der Waals surface area contributed by atoms with E-state index in [9.17, 15) is 8.42 Å². The molecule has 0 amide bonds. The highest BCUT2D eigenvalue weighted by Gasteiger charge is 2.22. The lowest BCUT2D eigenvalue weighted by Gasteiger charge is -2.09. The molecule has 0 spiro atoms. The van der Waals surface area contributed by atoms with Crippen LogP contribution in [-0.2, 0) is 21.3 Å². The summed E-state index contributed by atoms with van der Waals surface area (Å²) in [6.45, 7) is 6.03. The van der Waals surface area contributed by atoms with Crippen LogP contribution in [0.25, 0.3) is 0 Å². The Morgan fingerprint density at radius 3 is 2.74 bits per heavy atom. The molecule has 0 bridgehead atoms. The first kappa shape index (κ1) is 16.6. The fraction of sp³-hybridized carbons (Fsp3) is 0.667. The second kappa shape index (κ2) is 7.96. The molecule has 0 aromatic carbocycles. The van der Waals surface area contributed by atoms with Crippen molar-refractivity contribution in [1.82, 2.24) is 10.0 Å². The van der Waals surface area contributed by atoms with E-state index in [1.807, 2.05) is 12.3 Å². The second-order valence-electron chi connectivity index (χ2n) is 4.24. The number of hydrogen-bond donors (Lipinski definition) is 2. The van der Waals surface area contributed by atoms with Crippen LogP contribution in [0.4, 0.5) is 0 Å². The van der Waals surface area contributed by atoms with Gasteiger partial charge in [-0.15, -0.1) is 11.3 Å². The Morgan fingerprint density at radius 2 is 2.11 bits per heavy atom. The summed E-state index contributed by atoms with van der Waals surface area (Å²) in [4.78, 5) is 1.27. The van der Waals surface area contributed by atoms with Crippen LogP contribution in [0.2, 0.25) is 0 Å². The third kappa shape index (κ3) is 4.85. The summed E-state index contributed by atoms with van der Waals surface area (Å²) in [7, 11) is -1.90. The van der Waals surface area contributed by atoms with Gasteiger partial charge in [0.2, 0.25) is 10.0 Å². The van der Waals surface area contributed by atoms with Crippen LogP contribution in [0.3, 0.4) is 0 Å². The maximum atomic E-state index is 12.3. The first-order chi connectivity index (χ1) is 9.03. The Kier molecular flexibility index (Phi) is 6.95. The van der Waals surface area contributed by atoms with Crippen LogP contribution in [0, 0.1) is 6.92 Å². The van der Waals surface area contributed by atoms with E-state index in [0.717, 1.165) is 23.4 Å². The largest absolute Gasteiger partial charge is 0.383 e. The van der Waals surface area contributed by atoms with Crippen molar-refractivity contribution < 1.29 is 13.2 Å². The molecule has 7 heteroatoms. The van der Waals surface area contributed by atoms with Crippen LogP contribution >= 0.6 is 11.3 Å². The fourth-order valence-corrected chi connectivity index (χ4v) is 4.49. The molecule has 0 aliphatic carbocycles. The third-order valence-corrected chi connectivity index (χ3v) is 5.49. The van der Waals surface area contributed by atoms with Gasteiger partial charge in [0.25, 0.3) is 0 Å². The van der Waals surface area contributed by atoms with Gasteiger partial charge < -0.3 is 10.1 Å². The highest BCUT2D eigenvalue weighted by molar-refractivity contribution is 7.89. The molecule has 0 radical (unpaired) electrons. The zero-order valence-corrected chi connectivity index (χ0v) is 13.3. The third-order valence-electron chi connectivity index (χ3n) is 2.57. The minimum atomic E-state index is -3.45. The second-order valence-corrected chi connectivity index (χ2v) is 6.91. The smallest absolute Gasteiger partial charge is 0.242 e. The average molecular weight is 306 g/mol. The molecule has 0 saturated heterocycles. The van der Waals surface area contributed by atoms with Gasteiger partial charge >= 0.3 is 0 Å². The number of nitrogens with one attached hydrogen (secondary N) is 2. The summed E-state index contributed by atoms with van der Waals surface area (Å²) < 4.78 is 31.9. The van der Waals surface area contributed by atoms with Crippen molar-refractivity contribution in [2.75, 3.05) is 26.8 Å². The van der Waals surface area contributed by atoms with E-state index in [1.54, 1.807) is 7.11 Å². The van der Waals surface area contributed by atoms with Crippen molar-refractivity contribution >= 4 is 21.4 Å². The van der Waals surface area contributed by atoms with Gasteiger partial charge in [-0.2, -0.15) is 0 Å². The number of hydrogen-bond acceptors (Lipinski definition) is 5. The van der Waals surface area contributed by atoms with Crippen molar-refractivity contribution in [3.05, 3.63) is 15.8 Å². The first-order valence-electron chi connectivity index (χ1n) is 6.29. The summed E-state index contributed by atoms with van der Waals surface area (Å²) in [6, 6.07) is 0. The zero-order valence-electron chi connectivity index (χ0n) is 11.7. The highest BCUT2D eigenvalue weighted by Crippen LogP contribution is 2.26. The maximum absolute atomic E-state index is 12.3. The monoisotopic (exact) mass is 306 g/mol. The lowest BCUT2D eigenvalue weighted by atomic mass is 10.3. The summed E-state index contributed by atoms with van der Waals surface area (Å²) in [5.74, 6) is 0. The number of aryl methyl sites for hydroxylation is 1. The predicted octanol–water partition coefficient (Wildman–Crippen LogP) is 1.48. The van der Waals surface area contributed by atoms with E-state index in [4.69, 9.17) is 4.74 Å². The molecule has 0 aliphatic heterocycles. The molecule has 1 aromatic heterocycles. The van der Waals surface area contributed by atoms with Crippen LogP contribution in [0.1, 0.15) is 23.8 Å². The summed E-state index contributed by atoms with van der Waals surface area (Å²) in [5.41, 5.74) is 0.795. The molecule has 0 aliphatic rings. The number of ether oxygens (including phenoxy) is 1. The number of thiophene rings is 1. The van der Waals surface area contributed by atoms with Crippen LogP contribution in [-0.4, -0.2) is 35.2 Å². The average Bonchev–Trinajstić information content (AvgIpc) is 2.72. The normalized spacial score (nSPS) is 11.9. The van der Waals surface area contributed by atoms with E-state index in [0.29, 0.717) is 18.0 Å². The minimum Gasteiger partial charge on any atom is -0.383 e. The van der Waals surface area contributed by atoms with E-state index in [1.165, 1.54) is 11.3 Å².